The van der Waals surface area contributed by atoms with E-state index in [1.165, 1.54) is 24.3 Å². The Morgan fingerprint density at radius 2 is 2.12 bits per heavy atom. The first-order valence-corrected chi connectivity index (χ1v) is 7.34. The number of aryl methyl sites for hydroxylation is 2. The lowest BCUT2D eigenvalue weighted by atomic mass is 10.1. The number of benzene rings is 1. The zero-order chi connectivity index (χ0) is 17.3. The smallest absolute Gasteiger partial charge is 0.280 e. The van der Waals surface area contributed by atoms with E-state index in [2.05, 4.69) is 5.10 Å². The van der Waals surface area contributed by atoms with E-state index in [0.717, 1.165) is 0 Å². The highest BCUT2D eigenvalue weighted by Gasteiger charge is 2.22. The molecule has 124 valence electrons. The van der Waals surface area contributed by atoms with Crippen LogP contribution in [0.15, 0.2) is 24.4 Å². The Kier molecular flexibility index (Phi) is 4.03. The summed E-state index contributed by atoms with van der Waals surface area (Å²) in [7, 11) is 0. The lowest BCUT2D eigenvalue weighted by Gasteiger charge is -2.00. The second-order valence-electron chi connectivity index (χ2n) is 5.20. The average Bonchev–Trinajstić information content (AvgIpc) is 3.16. The number of hydrogen-bond acceptors (Lipinski definition) is 6. The summed E-state index contributed by atoms with van der Waals surface area (Å²) in [5.74, 6) is 0.479. The van der Waals surface area contributed by atoms with Gasteiger partial charge in [0, 0.05) is 12.7 Å². The SMILES string of the molecule is CCn1cc(C(=O)/C=C/c2cc3c(cc2[N+](=O)[O-])OCO3)c(C)n1. The Hall–Kier alpha value is -3.16. The summed E-state index contributed by atoms with van der Waals surface area (Å²) in [6, 6.07) is 2.79. The van der Waals surface area contributed by atoms with Gasteiger partial charge in [-0.25, -0.2) is 0 Å². The van der Waals surface area contributed by atoms with Crippen LogP contribution in [0.5, 0.6) is 11.5 Å². The third-order valence-electron chi connectivity index (χ3n) is 3.67. The first-order chi connectivity index (χ1) is 11.5. The van der Waals surface area contributed by atoms with Crippen LogP contribution in [0, 0.1) is 17.0 Å². The van der Waals surface area contributed by atoms with Crippen molar-refractivity contribution in [3.05, 3.63) is 51.3 Å². The number of nitrogens with zero attached hydrogens (tertiary/aromatic N) is 3. The molecule has 24 heavy (non-hydrogen) atoms. The molecule has 0 bridgehead atoms. The molecule has 1 aromatic heterocycles. The van der Waals surface area contributed by atoms with Crippen LogP contribution in [0.25, 0.3) is 6.08 Å². The van der Waals surface area contributed by atoms with Gasteiger partial charge in [0.25, 0.3) is 5.69 Å². The minimum absolute atomic E-state index is 0.0218. The summed E-state index contributed by atoms with van der Waals surface area (Å²) in [6.07, 6.45) is 4.37. The number of ether oxygens (including phenoxy) is 2. The van der Waals surface area contributed by atoms with E-state index in [1.807, 2.05) is 6.92 Å². The van der Waals surface area contributed by atoms with Crippen LogP contribution < -0.4 is 9.47 Å². The molecule has 0 N–H and O–H groups in total. The largest absolute Gasteiger partial charge is 0.454 e. The quantitative estimate of drug-likeness (QED) is 0.362. The van der Waals surface area contributed by atoms with Crippen molar-refractivity contribution in [2.24, 2.45) is 0 Å². The first kappa shape index (κ1) is 15.7. The van der Waals surface area contributed by atoms with Gasteiger partial charge >= 0.3 is 0 Å². The molecule has 0 amide bonds. The minimum atomic E-state index is -0.521. The fourth-order valence-electron chi connectivity index (χ4n) is 2.42. The van der Waals surface area contributed by atoms with Crippen molar-refractivity contribution in [1.82, 2.24) is 9.78 Å². The van der Waals surface area contributed by atoms with Gasteiger partial charge in [0.15, 0.2) is 17.3 Å². The molecule has 0 saturated carbocycles. The monoisotopic (exact) mass is 329 g/mol. The predicted octanol–water partition coefficient (Wildman–Crippen LogP) is 2.74. The van der Waals surface area contributed by atoms with Gasteiger partial charge in [-0.15, -0.1) is 0 Å². The summed E-state index contributed by atoms with van der Waals surface area (Å²) < 4.78 is 12.0. The Morgan fingerprint density at radius 3 is 2.75 bits per heavy atom. The molecule has 1 aliphatic heterocycles. The fraction of sp³-hybridized carbons (Fsp3) is 0.250. The molecule has 0 aliphatic carbocycles. The van der Waals surface area contributed by atoms with Crippen LogP contribution in [0.1, 0.15) is 28.5 Å². The summed E-state index contributed by atoms with van der Waals surface area (Å²) in [6.45, 7) is 4.35. The van der Waals surface area contributed by atoms with Gasteiger partial charge in [-0.3, -0.25) is 19.6 Å². The Labute approximate surface area is 137 Å². The normalized spacial score (nSPS) is 12.8. The molecule has 0 radical (unpaired) electrons. The van der Waals surface area contributed by atoms with Crippen molar-refractivity contribution >= 4 is 17.5 Å². The Balaban J connectivity index is 1.92. The topological polar surface area (TPSA) is 96.5 Å². The number of ketones is 1. The van der Waals surface area contributed by atoms with Gasteiger partial charge in [0.1, 0.15) is 0 Å². The highest BCUT2D eigenvalue weighted by atomic mass is 16.7. The molecule has 0 atom stereocenters. The van der Waals surface area contributed by atoms with Crippen molar-refractivity contribution < 1.29 is 19.2 Å². The number of aromatic nitrogens is 2. The Morgan fingerprint density at radius 1 is 1.42 bits per heavy atom. The number of carbonyl (C=O) groups excluding carboxylic acids is 1. The number of nitro groups is 1. The molecule has 8 nitrogen and oxygen atoms in total. The van der Waals surface area contributed by atoms with Crippen LogP contribution in [0.2, 0.25) is 0 Å². The van der Waals surface area contributed by atoms with Crippen molar-refractivity contribution in [2.45, 2.75) is 20.4 Å². The second kappa shape index (κ2) is 6.15. The summed E-state index contributed by atoms with van der Waals surface area (Å²) in [4.78, 5) is 23.0. The summed E-state index contributed by atoms with van der Waals surface area (Å²) in [5, 5.41) is 15.4. The van der Waals surface area contributed by atoms with Crippen molar-refractivity contribution in [2.75, 3.05) is 6.79 Å². The van der Waals surface area contributed by atoms with E-state index in [4.69, 9.17) is 9.47 Å². The highest BCUT2D eigenvalue weighted by Crippen LogP contribution is 2.38. The maximum Gasteiger partial charge on any atom is 0.280 e. The number of carbonyl (C=O) groups is 1. The first-order valence-electron chi connectivity index (χ1n) is 7.34. The lowest BCUT2D eigenvalue weighted by Crippen LogP contribution is -1.96. The molecule has 8 heteroatoms. The number of rotatable bonds is 5. The van der Waals surface area contributed by atoms with Gasteiger partial charge in [-0.1, -0.05) is 0 Å². The van der Waals surface area contributed by atoms with Gasteiger partial charge in [-0.2, -0.15) is 5.10 Å². The second-order valence-corrected chi connectivity index (χ2v) is 5.20. The van der Waals surface area contributed by atoms with Crippen LogP contribution in [0.3, 0.4) is 0 Å². The molecule has 0 fully saturated rings. The maximum absolute atomic E-state index is 12.3. The van der Waals surface area contributed by atoms with Crippen LogP contribution >= 0.6 is 0 Å². The third kappa shape index (κ3) is 2.85. The molecular weight excluding hydrogens is 314 g/mol. The molecule has 0 spiro atoms. The number of fused-ring (bicyclic) bond motifs is 1. The standard InChI is InChI=1S/C16H15N3O5/c1-3-18-8-12(10(2)17-18)14(20)5-4-11-6-15-16(24-9-23-15)7-13(11)19(21)22/h4-8H,3,9H2,1-2H3/b5-4+. The summed E-state index contributed by atoms with van der Waals surface area (Å²) >= 11 is 0. The number of allylic oxidation sites excluding steroid dienone is 1. The molecule has 1 aliphatic rings. The molecule has 3 rings (SSSR count). The van der Waals surface area contributed by atoms with Crippen molar-refractivity contribution in [3.8, 4) is 11.5 Å². The van der Waals surface area contributed by atoms with E-state index in [-0.39, 0.29) is 23.8 Å². The lowest BCUT2D eigenvalue weighted by molar-refractivity contribution is -0.385. The minimum Gasteiger partial charge on any atom is -0.454 e. The molecule has 2 aromatic rings. The average molecular weight is 329 g/mol. The maximum atomic E-state index is 12.3. The van der Waals surface area contributed by atoms with Gasteiger partial charge in [0.2, 0.25) is 6.79 Å². The fourth-order valence-corrected chi connectivity index (χ4v) is 2.42. The third-order valence-corrected chi connectivity index (χ3v) is 3.67. The zero-order valence-electron chi connectivity index (χ0n) is 13.2. The Bertz CT molecular complexity index is 854. The van der Waals surface area contributed by atoms with Crippen LogP contribution in [-0.4, -0.2) is 27.3 Å². The van der Waals surface area contributed by atoms with Crippen LogP contribution in [0.4, 0.5) is 5.69 Å². The van der Waals surface area contributed by atoms with Gasteiger partial charge in [0.05, 0.1) is 27.8 Å². The van der Waals surface area contributed by atoms with E-state index in [0.29, 0.717) is 29.3 Å². The zero-order valence-corrected chi connectivity index (χ0v) is 13.2. The number of nitro benzene ring substituents is 1. The van der Waals surface area contributed by atoms with Crippen LogP contribution in [-0.2, 0) is 6.54 Å². The van der Waals surface area contributed by atoms with E-state index >= 15 is 0 Å². The van der Waals surface area contributed by atoms with E-state index < -0.39 is 4.92 Å². The van der Waals surface area contributed by atoms with E-state index in [1.54, 1.807) is 17.8 Å². The predicted molar refractivity (Wildman–Crippen MR) is 85.2 cm³/mol. The van der Waals surface area contributed by atoms with E-state index in [9.17, 15) is 14.9 Å². The molecule has 0 saturated heterocycles. The molecule has 0 unspecified atom stereocenters. The summed E-state index contributed by atoms with van der Waals surface area (Å²) in [5.41, 5.74) is 1.21. The molecule has 2 heterocycles. The van der Waals surface area contributed by atoms with Crippen molar-refractivity contribution in [3.63, 3.8) is 0 Å². The molecule has 1 aromatic carbocycles. The van der Waals surface area contributed by atoms with Gasteiger partial charge in [-0.05, 0) is 32.1 Å². The van der Waals surface area contributed by atoms with Gasteiger partial charge < -0.3 is 9.47 Å². The highest BCUT2D eigenvalue weighted by molar-refractivity contribution is 6.07. The molecular formula is C16H15N3O5. The number of hydrogen-bond donors (Lipinski definition) is 0. The van der Waals surface area contributed by atoms with Crippen molar-refractivity contribution in [1.29, 1.82) is 0 Å².